The quantitative estimate of drug-likeness (QED) is 0.789. The maximum atomic E-state index is 12.6. The van der Waals surface area contributed by atoms with Crippen molar-refractivity contribution in [2.75, 3.05) is 17.2 Å². The van der Waals surface area contributed by atoms with E-state index in [0.29, 0.717) is 29.3 Å². The highest BCUT2D eigenvalue weighted by Crippen LogP contribution is 2.23. The first-order chi connectivity index (χ1) is 12.3. The third-order valence-electron chi connectivity index (χ3n) is 3.65. The van der Waals surface area contributed by atoms with E-state index in [0.717, 1.165) is 6.42 Å². The fourth-order valence-electron chi connectivity index (χ4n) is 2.18. The van der Waals surface area contributed by atoms with Gasteiger partial charge in [0.25, 0.3) is 5.91 Å². The molecule has 0 aromatic heterocycles. The smallest absolute Gasteiger partial charge is 0.259 e. The Morgan fingerprint density at radius 2 is 1.62 bits per heavy atom. The maximum absolute atomic E-state index is 12.6. The zero-order chi connectivity index (χ0) is 19.2. The lowest BCUT2D eigenvalue weighted by atomic mass is 9.95. The molecule has 0 atom stereocenters. The van der Waals surface area contributed by atoms with Crippen LogP contribution in [0, 0.1) is 5.41 Å². The summed E-state index contributed by atoms with van der Waals surface area (Å²) in [6, 6.07) is 14.2. The zero-order valence-corrected chi connectivity index (χ0v) is 15.8. The minimum atomic E-state index is -0.491. The molecule has 2 N–H and O–H groups in total. The van der Waals surface area contributed by atoms with Gasteiger partial charge in [0, 0.05) is 16.8 Å². The summed E-state index contributed by atoms with van der Waals surface area (Å²) in [5, 5.41) is 5.72. The Morgan fingerprint density at radius 1 is 0.962 bits per heavy atom. The molecule has 0 bridgehead atoms. The lowest BCUT2D eigenvalue weighted by Gasteiger charge is -2.18. The first-order valence-electron chi connectivity index (χ1n) is 8.76. The number of benzene rings is 2. The highest BCUT2D eigenvalue weighted by molar-refractivity contribution is 6.06. The molecule has 5 heteroatoms. The van der Waals surface area contributed by atoms with Crippen LogP contribution in [0.4, 0.5) is 11.4 Å². The highest BCUT2D eigenvalue weighted by Gasteiger charge is 2.21. The fraction of sp³-hybridized carbons (Fsp3) is 0.333. The number of rotatable bonds is 6. The van der Waals surface area contributed by atoms with Crippen LogP contribution < -0.4 is 15.4 Å². The fourth-order valence-corrected chi connectivity index (χ4v) is 2.18. The summed E-state index contributed by atoms with van der Waals surface area (Å²) in [5.41, 5.74) is 1.23. The van der Waals surface area contributed by atoms with Gasteiger partial charge in [-0.3, -0.25) is 9.59 Å². The zero-order valence-electron chi connectivity index (χ0n) is 15.8. The molecule has 2 aromatic rings. The van der Waals surface area contributed by atoms with Crippen LogP contribution in [-0.2, 0) is 4.79 Å². The SMILES string of the molecule is CCCOc1ccccc1C(=O)Nc1cccc(NC(=O)C(C)(C)C)c1. The van der Waals surface area contributed by atoms with Crippen molar-refractivity contribution in [2.24, 2.45) is 5.41 Å². The molecule has 0 saturated heterocycles. The van der Waals surface area contributed by atoms with Gasteiger partial charge in [-0.15, -0.1) is 0 Å². The van der Waals surface area contributed by atoms with Gasteiger partial charge in [0.1, 0.15) is 5.75 Å². The first-order valence-corrected chi connectivity index (χ1v) is 8.76. The van der Waals surface area contributed by atoms with Gasteiger partial charge in [-0.2, -0.15) is 0 Å². The van der Waals surface area contributed by atoms with Crippen LogP contribution in [0.15, 0.2) is 48.5 Å². The molecule has 0 heterocycles. The molecule has 0 unspecified atom stereocenters. The second-order valence-corrected chi connectivity index (χ2v) is 7.08. The lowest BCUT2D eigenvalue weighted by Crippen LogP contribution is -2.27. The van der Waals surface area contributed by atoms with Gasteiger partial charge in [0.05, 0.1) is 12.2 Å². The maximum Gasteiger partial charge on any atom is 0.259 e. The molecule has 2 rings (SSSR count). The second kappa shape index (κ2) is 8.52. The number of para-hydroxylation sites is 1. The van der Waals surface area contributed by atoms with Crippen LogP contribution in [0.5, 0.6) is 5.75 Å². The van der Waals surface area contributed by atoms with Crippen molar-refractivity contribution in [3.05, 3.63) is 54.1 Å². The molecule has 0 aliphatic rings. The first kappa shape index (κ1) is 19.5. The van der Waals surface area contributed by atoms with Crippen molar-refractivity contribution in [3.63, 3.8) is 0 Å². The molecule has 2 amide bonds. The standard InChI is InChI=1S/C21H26N2O3/c1-5-13-26-18-12-7-6-11-17(18)19(24)22-15-9-8-10-16(14-15)23-20(25)21(2,3)4/h6-12,14H,5,13H2,1-4H3,(H,22,24)(H,23,25). The molecule has 0 spiro atoms. The van der Waals surface area contributed by atoms with Gasteiger partial charge in [0.15, 0.2) is 0 Å². The third-order valence-corrected chi connectivity index (χ3v) is 3.65. The Kier molecular flexibility index (Phi) is 6.39. The Hall–Kier alpha value is -2.82. The summed E-state index contributed by atoms with van der Waals surface area (Å²) in [6.07, 6.45) is 0.867. The summed E-state index contributed by atoms with van der Waals surface area (Å²) >= 11 is 0. The number of nitrogens with one attached hydrogen (secondary N) is 2. The van der Waals surface area contributed by atoms with E-state index in [2.05, 4.69) is 10.6 Å². The Labute approximate surface area is 154 Å². The van der Waals surface area contributed by atoms with Crippen LogP contribution in [-0.4, -0.2) is 18.4 Å². The molecule has 5 nitrogen and oxygen atoms in total. The predicted octanol–water partition coefficient (Wildman–Crippen LogP) is 4.71. The average Bonchev–Trinajstić information content (AvgIpc) is 2.59. The average molecular weight is 354 g/mol. The normalized spacial score (nSPS) is 10.9. The van der Waals surface area contributed by atoms with E-state index in [4.69, 9.17) is 4.74 Å². The molecule has 26 heavy (non-hydrogen) atoms. The molecular weight excluding hydrogens is 328 g/mol. The molecule has 0 saturated carbocycles. The number of amides is 2. The Balaban J connectivity index is 2.13. The molecule has 0 radical (unpaired) electrons. The Morgan fingerprint density at radius 3 is 2.27 bits per heavy atom. The number of hydrogen-bond acceptors (Lipinski definition) is 3. The van der Waals surface area contributed by atoms with Crippen molar-refractivity contribution in [3.8, 4) is 5.75 Å². The van der Waals surface area contributed by atoms with Gasteiger partial charge in [-0.25, -0.2) is 0 Å². The number of carbonyl (C=O) groups is 2. The van der Waals surface area contributed by atoms with Crippen LogP contribution in [0.1, 0.15) is 44.5 Å². The number of ether oxygens (including phenoxy) is 1. The number of hydrogen-bond donors (Lipinski definition) is 2. The summed E-state index contributed by atoms with van der Waals surface area (Å²) < 4.78 is 5.64. The van der Waals surface area contributed by atoms with Crippen LogP contribution in [0.3, 0.4) is 0 Å². The van der Waals surface area contributed by atoms with E-state index >= 15 is 0 Å². The topological polar surface area (TPSA) is 67.4 Å². The molecule has 0 aliphatic carbocycles. The van der Waals surface area contributed by atoms with Crippen molar-refractivity contribution in [1.82, 2.24) is 0 Å². The van der Waals surface area contributed by atoms with Crippen molar-refractivity contribution >= 4 is 23.2 Å². The second-order valence-electron chi connectivity index (χ2n) is 7.08. The highest BCUT2D eigenvalue weighted by atomic mass is 16.5. The van der Waals surface area contributed by atoms with E-state index in [1.165, 1.54) is 0 Å². The van der Waals surface area contributed by atoms with Crippen LogP contribution >= 0.6 is 0 Å². The molecule has 2 aromatic carbocycles. The van der Waals surface area contributed by atoms with E-state index in [9.17, 15) is 9.59 Å². The minimum absolute atomic E-state index is 0.0840. The Bertz CT molecular complexity index is 779. The summed E-state index contributed by atoms with van der Waals surface area (Å²) in [6.45, 7) is 8.11. The van der Waals surface area contributed by atoms with E-state index in [-0.39, 0.29) is 11.8 Å². The predicted molar refractivity (Wildman–Crippen MR) is 105 cm³/mol. The summed E-state index contributed by atoms with van der Waals surface area (Å²) in [5.74, 6) is 0.222. The largest absolute Gasteiger partial charge is 0.493 e. The van der Waals surface area contributed by atoms with Gasteiger partial charge in [-0.05, 0) is 36.8 Å². The van der Waals surface area contributed by atoms with Gasteiger partial charge < -0.3 is 15.4 Å². The molecule has 0 aliphatic heterocycles. The monoisotopic (exact) mass is 354 g/mol. The summed E-state index contributed by atoms with van der Waals surface area (Å²) in [7, 11) is 0. The van der Waals surface area contributed by atoms with Crippen molar-refractivity contribution in [1.29, 1.82) is 0 Å². The van der Waals surface area contributed by atoms with Gasteiger partial charge in [0.2, 0.25) is 5.91 Å². The lowest BCUT2D eigenvalue weighted by molar-refractivity contribution is -0.123. The van der Waals surface area contributed by atoms with E-state index in [1.54, 1.807) is 42.5 Å². The van der Waals surface area contributed by atoms with E-state index in [1.807, 2.05) is 33.8 Å². The molecule has 138 valence electrons. The third kappa shape index (κ3) is 5.34. The van der Waals surface area contributed by atoms with Gasteiger partial charge >= 0.3 is 0 Å². The summed E-state index contributed by atoms with van der Waals surface area (Å²) in [4.78, 5) is 24.7. The van der Waals surface area contributed by atoms with Crippen LogP contribution in [0.25, 0.3) is 0 Å². The van der Waals surface area contributed by atoms with E-state index < -0.39 is 5.41 Å². The minimum Gasteiger partial charge on any atom is -0.493 e. The molecule has 0 fully saturated rings. The van der Waals surface area contributed by atoms with Crippen LogP contribution in [0.2, 0.25) is 0 Å². The molecular formula is C21H26N2O3. The number of carbonyl (C=O) groups excluding carboxylic acids is 2. The van der Waals surface area contributed by atoms with Crippen molar-refractivity contribution in [2.45, 2.75) is 34.1 Å². The van der Waals surface area contributed by atoms with Crippen molar-refractivity contribution < 1.29 is 14.3 Å². The number of anilines is 2. The van der Waals surface area contributed by atoms with Gasteiger partial charge in [-0.1, -0.05) is 45.9 Å².